The van der Waals surface area contributed by atoms with Crippen LogP contribution < -0.4 is 0 Å². The van der Waals surface area contributed by atoms with Crippen LogP contribution in [0, 0.1) is 0 Å². The van der Waals surface area contributed by atoms with Gasteiger partial charge in [0.25, 0.3) is 0 Å². The van der Waals surface area contributed by atoms with E-state index in [1.165, 1.54) is 0 Å². The maximum absolute atomic E-state index is 11.7. The van der Waals surface area contributed by atoms with E-state index in [-0.39, 0.29) is 6.42 Å². The molecular formula is C23H17BrN2O2. The molecule has 4 aromatic rings. The predicted octanol–water partition coefficient (Wildman–Crippen LogP) is 5.60. The molecular weight excluding hydrogens is 416 g/mol. The van der Waals surface area contributed by atoms with Gasteiger partial charge in [0.2, 0.25) is 0 Å². The largest absolute Gasteiger partial charge is 0.481 e. The molecule has 1 aromatic heterocycles. The second kappa shape index (κ2) is 7.82. The number of aromatic nitrogens is 2. The van der Waals surface area contributed by atoms with Crippen molar-refractivity contribution < 1.29 is 9.90 Å². The lowest BCUT2D eigenvalue weighted by molar-refractivity contribution is -0.136. The number of carboxylic acids is 1. The molecule has 28 heavy (non-hydrogen) atoms. The van der Waals surface area contributed by atoms with Crippen molar-refractivity contribution in [3.05, 3.63) is 95.0 Å². The van der Waals surface area contributed by atoms with Gasteiger partial charge in [0, 0.05) is 21.2 Å². The van der Waals surface area contributed by atoms with Crippen LogP contribution >= 0.6 is 15.9 Å². The minimum absolute atomic E-state index is 0.106. The third-order valence-electron chi connectivity index (χ3n) is 4.48. The van der Waals surface area contributed by atoms with Crippen LogP contribution in [0.5, 0.6) is 0 Å². The van der Waals surface area contributed by atoms with E-state index in [1.807, 2.05) is 89.6 Å². The lowest BCUT2D eigenvalue weighted by atomic mass is 9.99. The van der Waals surface area contributed by atoms with Gasteiger partial charge in [0.05, 0.1) is 23.5 Å². The zero-order valence-corrected chi connectivity index (χ0v) is 16.5. The average molecular weight is 433 g/mol. The van der Waals surface area contributed by atoms with Crippen LogP contribution in [-0.4, -0.2) is 20.9 Å². The molecule has 0 unspecified atom stereocenters. The third-order valence-corrected chi connectivity index (χ3v) is 5.01. The highest BCUT2D eigenvalue weighted by atomic mass is 79.9. The van der Waals surface area contributed by atoms with Crippen LogP contribution in [0.25, 0.3) is 28.2 Å². The minimum Gasteiger partial charge on any atom is -0.481 e. The molecule has 1 N–H and O–H groups in total. The standard InChI is InChI=1S/C23H17BrN2O2/c24-18-11-13-19(14-12-18)26-23(17-9-5-2-6-10-17)20(15-21(27)28)22(25-26)16-7-3-1-4-8-16/h1-14H,15H2,(H,27,28). The van der Waals surface area contributed by atoms with Gasteiger partial charge in [-0.1, -0.05) is 76.6 Å². The summed E-state index contributed by atoms with van der Waals surface area (Å²) in [5.74, 6) is -0.885. The lowest BCUT2D eigenvalue weighted by Crippen LogP contribution is -2.04. The van der Waals surface area contributed by atoms with Gasteiger partial charge in [0.1, 0.15) is 0 Å². The highest BCUT2D eigenvalue weighted by molar-refractivity contribution is 9.10. The second-order valence-electron chi connectivity index (χ2n) is 6.37. The molecule has 0 saturated heterocycles. The Hall–Kier alpha value is -3.18. The van der Waals surface area contributed by atoms with Crippen molar-refractivity contribution in [2.75, 3.05) is 0 Å². The predicted molar refractivity (Wildman–Crippen MR) is 113 cm³/mol. The van der Waals surface area contributed by atoms with Gasteiger partial charge in [-0.25, -0.2) is 4.68 Å². The summed E-state index contributed by atoms with van der Waals surface area (Å²) in [6.45, 7) is 0. The zero-order chi connectivity index (χ0) is 19.5. The molecule has 0 radical (unpaired) electrons. The Morgan fingerprint density at radius 1 is 0.857 bits per heavy atom. The van der Waals surface area contributed by atoms with Crippen molar-refractivity contribution in [1.82, 2.24) is 9.78 Å². The Morgan fingerprint density at radius 2 is 1.43 bits per heavy atom. The van der Waals surface area contributed by atoms with Crippen molar-refractivity contribution in [3.8, 4) is 28.2 Å². The molecule has 4 rings (SSSR count). The number of carboxylic acid groups (broad SMARTS) is 1. The number of hydrogen-bond acceptors (Lipinski definition) is 2. The first-order chi connectivity index (χ1) is 13.6. The highest BCUT2D eigenvalue weighted by Crippen LogP contribution is 2.35. The zero-order valence-electron chi connectivity index (χ0n) is 14.9. The molecule has 4 nitrogen and oxygen atoms in total. The maximum Gasteiger partial charge on any atom is 0.307 e. The summed E-state index contributed by atoms with van der Waals surface area (Å²) in [4.78, 5) is 11.7. The first-order valence-electron chi connectivity index (χ1n) is 8.84. The molecule has 0 fully saturated rings. The molecule has 0 atom stereocenters. The quantitative estimate of drug-likeness (QED) is 0.446. The summed E-state index contributed by atoms with van der Waals surface area (Å²) in [6.07, 6.45) is -0.106. The Kier molecular flexibility index (Phi) is 5.08. The van der Waals surface area contributed by atoms with Crippen molar-refractivity contribution in [3.63, 3.8) is 0 Å². The Labute approximate surface area is 171 Å². The summed E-state index contributed by atoms with van der Waals surface area (Å²) >= 11 is 3.46. The second-order valence-corrected chi connectivity index (χ2v) is 7.28. The summed E-state index contributed by atoms with van der Waals surface area (Å²) in [5.41, 5.74) is 4.88. The first kappa shape index (κ1) is 18.2. The fourth-order valence-electron chi connectivity index (χ4n) is 3.26. The third kappa shape index (κ3) is 3.62. The van der Waals surface area contributed by atoms with Crippen molar-refractivity contribution in [2.24, 2.45) is 0 Å². The molecule has 3 aromatic carbocycles. The molecule has 0 bridgehead atoms. The number of hydrogen-bond donors (Lipinski definition) is 1. The fraction of sp³-hybridized carbons (Fsp3) is 0.0435. The Balaban J connectivity index is 2.03. The normalized spacial score (nSPS) is 10.8. The van der Waals surface area contributed by atoms with E-state index in [1.54, 1.807) is 0 Å². The molecule has 0 amide bonds. The van der Waals surface area contributed by atoms with Crippen LogP contribution in [-0.2, 0) is 11.2 Å². The molecule has 0 aliphatic heterocycles. The SMILES string of the molecule is O=C(O)Cc1c(-c2ccccc2)nn(-c2ccc(Br)cc2)c1-c1ccccc1. The van der Waals surface area contributed by atoms with Crippen LogP contribution in [0.4, 0.5) is 0 Å². The summed E-state index contributed by atoms with van der Waals surface area (Å²) < 4.78 is 2.81. The Morgan fingerprint density at radius 3 is 2.00 bits per heavy atom. The van der Waals surface area contributed by atoms with Crippen LogP contribution in [0.3, 0.4) is 0 Å². The highest BCUT2D eigenvalue weighted by Gasteiger charge is 2.23. The number of aliphatic carboxylic acids is 1. The topological polar surface area (TPSA) is 55.1 Å². The van der Waals surface area contributed by atoms with E-state index >= 15 is 0 Å². The first-order valence-corrected chi connectivity index (χ1v) is 9.63. The van der Waals surface area contributed by atoms with Crippen molar-refractivity contribution >= 4 is 21.9 Å². The van der Waals surface area contributed by atoms with Gasteiger partial charge in [-0.2, -0.15) is 5.10 Å². The molecule has 0 spiro atoms. The molecule has 0 aliphatic rings. The number of benzene rings is 3. The number of carbonyl (C=O) groups is 1. The Bertz CT molecular complexity index is 1100. The number of rotatable bonds is 5. The van der Waals surface area contributed by atoms with Gasteiger partial charge in [-0.3, -0.25) is 4.79 Å². The van der Waals surface area contributed by atoms with E-state index in [4.69, 9.17) is 5.10 Å². The van der Waals surface area contributed by atoms with E-state index < -0.39 is 5.97 Å². The van der Waals surface area contributed by atoms with Gasteiger partial charge in [0.15, 0.2) is 0 Å². The van der Waals surface area contributed by atoms with Gasteiger partial charge in [-0.15, -0.1) is 0 Å². The van der Waals surface area contributed by atoms with Crippen LogP contribution in [0.1, 0.15) is 5.56 Å². The van der Waals surface area contributed by atoms with E-state index in [0.29, 0.717) is 11.3 Å². The van der Waals surface area contributed by atoms with Gasteiger partial charge < -0.3 is 5.11 Å². The number of halogens is 1. The van der Waals surface area contributed by atoms with Crippen LogP contribution in [0.2, 0.25) is 0 Å². The maximum atomic E-state index is 11.7. The van der Waals surface area contributed by atoms with Gasteiger partial charge >= 0.3 is 5.97 Å². The van der Waals surface area contributed by atoms with Crippen molar-refractivity contribution in [2.45, 2.75) is 6.42 Å². The monoisotopic (exact) mass is 432 g/mol. The smallest absolute Gasteiger partial charge is 0.307 e. The van der Waals surface area contributed by atoms with Gasteiger partial charge in [-0.05, 0) is 24.3 Å². The summed E-state index contributed by atoms with van der Waals surface area (Å²) in [5, 5.41) is 14.4. The minimum atomic E-state index is -0.885. The molecule has 0 saturated carbocycles. The number of nitrogens with zero attached hydrogens (tertiary/aromatic N) is 2. The molecule has 0 aliphatic carbocycles. The van der Waals surface area contributed by atoms with E-state index in [2.05, 4.69) is 15.9 Å². The van der Waals surface area contributed by atoms with Crippen LogP contribution in [0.15, 0.2) is 89.4 Å². The summed E-state index contributed by atoms with van der Waals surface area (Å²) in [7, 11) is 0. The van der Waals surface area contributed by atoms with E-state index in [9.17, 15) is 9.90 Å². The van der Waals surface area contributed by atoms with E-state index in [0.717, 1.165) is 27.0 Å². The van der Waals surface area contributed by atoms with Crippen molar-refractivity contribution in [1.29, 1.82) is 0 Å². The molecule has 5 heteroatoms. The lowest BCUT2D eigenvalue weighted by Gasteiger charge is -2.10. The fourth-order valence-corrected chi connectivity index (χ4v) is 3.52. The molecule has 138 valence electrons. The molecule has 1 heterocycles. The average Bonchev–Trinajstić information content (AvgIpc) is 3.08. The summed E-state index contributed by atoms with van der Waals surface area (Å²) in [6, 6.07) is 27.3.